The minimum Gasteiger partial charge on any atom is -0.323 e. The molecule has 0 unspecified atom stereocenters. The number of aromatic nitrogens is 3. The van der Waals surface area contributed by atoms with Gasteiger partial charge in [-0.25, -0.2) is 4.98 Å². The lowest BCUT2D eigenvalue weighted by atomic mass is 10.4. The maximum Gasteiger partial charge on any atom is 0.214 e. The molecule has 0 bridgehead atoms. The zero-order valence-corrected chi connectivity index (χ0v) is 7.58. The number of hydrogen-bond donors (Lipinski definition) is 2. The van der Waals surface area contributed by atoms with Crippen molar-refractivity contribution in [1.29, 1.82) is 0 Å². The molecule has 0 amide bonds. The van der Waals surface area contributed by atoms with Crippen molar-refractivity contribution in [3.63, 3.8) is 0 Å². The van der Waals surface area contributed by atoms with Crippen LogP contribution in [0.2, 0.25) is 0 Å². The van der Waals surface area contributed by atoms with Crippen molar-refractivity contribution in [1.82, 2.24) is 15.2 Å². The number of aromatic amines is 1. The molecule has 2 heterocycles. The van der Waals surface area contributed by atoms with Gasteiger partial charge in [0.05, 0.1) is 0 Å². The van der Waals surface area contributed by atoms with Crippen LogP contribution in [-0.2, 0) is 0 Å². The fourth-order valence-electron chi connectivity index (χ4n) is 1.09. The molecule has 0 spiro atoms. The molecule has 4 nitrogen and oxygen atoms in total. The Bertz CT molecular complexity index is 438. The number of pyridine rings is 1. The summed E-state index contributed by atoms with van der Waals surface area (Å²) in [5, 5.41) is 9.58. The second-order valence-electron chi connectivity index (χ2n) is 2.91. The standard InChI is InChI=1S/C9H9FN4/c1-6-5-9(14-13-6)12-8-4-2-3-7(10)11-8/h2-5H,1H3,(H2,11,12,13,14). The van der Waals surface area contributed by atoms with E-state index in [4.69, 9.17) is 0 Å². The summed E-state index contributed by atoms with van der Waals surface area (Å²) < 4.78 is 12.7. The molecule has 2 rings (SSSR count). The highest BCUT2D eigenvalue weighted by Gasteiger charge is 1.99. The van der Waals surface area contributed by atoms with Gasteiger partial charge in [-0.3, -0.25) is 5.10 Å². The Labute approximate surface area is 80.2 Å². The highest BCUT2D eigenvalue weighted by Crippen LogP contribution is 2.12. The second kappa shape index (κ2) is 3.45. The summed E-state index contributed by atoms with van der Waals surface area (Å²) in [6.45, 7) is 1.89. The molecule has 14 heavy (non-hydrogen) atoms. The first kappa shape index (κ1) is 8.68. The summed E-state index contributed by atoms with van der Waals surface area (Å²) in [5.41, 5.74) is 0.934. The lowest BCUT2D eigenvalue weighted by Gasteiger charge is -1.99. The van der Waals surface area contributed by atoms with E-state index in [-0.39, 0.29) is 0 Å². The summed E-state index contributed by atoms with van der Waals surface area (Å²) in [7, 11) is 0. The van der Waals surface area contributed by atoms with Gasteiger partial charge in [-0.05, 0) is 19.1 Å². The Morgan fingerprint density at radius 1 is 1.36 bits per heavy atom. The molecule has 5 heteroatoms. The Hall–Kier alpha value is -1.91. The van der Waals surface area contributed by atoms with Crippen molar-refractivity contribution in [2.45, 2.75) is 6.92 Å². The Morgan fingerprint density at radius 3 is 2.86 bits per heavy atom. The molecule has 0 aliphatic rings. The third-order valence-electron chi connectivity index (χ3n) is 1.68. The van der Waals surface area contributed by atoms with Crippen LogP contribution in [0.5, 0.6) is 0 Å². The zero-order valence-electron chi connectivity index (χ0n) is 7.58. The molecule has 0 aliphatic carbocycles. The molecular formula is C9H9FN4. The molecule has 0 aliphatic heterocycles. The molecule has 0 saturated carbocycles. The minimum absolute atomic E-state index is 0.441. The quantitative estimate of drug-likeness (QED) is 0.715. The Kier molecular flexibility index (Phi) is 2.14. The van der Waals surface area contributed by atoms with Crippen LogP contribution in [0.15, 0.2) is 24.3 Å². The van der Waals surface area contributed by atoms with E-state index in [0.29, 0.717) is 11.6 Å². The van der Waals surface area contributed by atoms with E-state index in [1.807, 2.05) is 13.0 Å². The number of hydrogen-bond acceptors (Lipinski definition) is 3. The van der Waals surface area contributed by atoms with Crippen LogP contribution in [-0.4, -0.2) is 15.2 Å². The van der Waals surface area contributed by atoms with Gasteiger partial charge >= 0.3 is 0 Å². The van der Waals surface area contributed by atoms with Gasteiger partial charge in [0, 0.05) is 11.8 Å². The largest absolute Gasteiger partial charge is 0.323 e. The molecule has 0 aromatic carbocycles. The van der Waals surface area contributed by atoms with Gasteiger partial charge in [-0.1, -0.05) is 6.07 Å². The molecule has 0 radical (unpaired) electrons. The summed E-state index contributed by atoms with van der Waals surface area (Å²) in [6, 6.07) is 6.37. The van der Waals surface area contributed by atoms with Crippen molar-refractivity contribution in [3.05, 3.63) is 35.9 Å². The van der Waals surface area contributed by atoms with E-state index in [1.54, 1.807) is 12.1 Å². The second-order valence-corrected chi connectivity index (χ2v) is 2.91. The van der Waals surface area contributed by atoms with Crippen LogP contribution >= 0.6 is 0 Å². The van der Waals surface area contributed by atoms with Crippen molar-refractivity contribution < 1.29 is 4.39 Å². The number of nitrogens with zero attached hydrogens (tertiary/aromatic N) is 2. The zero-order chi connectivity index (χ0) is 9.97. The van der Waals surface area contributed by atoms with Crippen LogP contribution in [0.25, 0.3) is 0 Å². The predicted molar refractivity (Wildman–Crippen MR) is 50.8 cm³/mol. The SMILES string of the molecule is Cc1cc(Nc2cccc(F)n2)n[nH]1. The van der Waals surface area contributed by atoms with Crippen molar-refractivity contribution in [2.75, 3.05) is 5.32 Å². The molecule has 2 aromatic heterocycles. The van der Waals surface area contributed by atoms with Crippen LogP contribution in [0.1, 0.15) is 5.69 Å². The maximum absolute atomic E-state index is 12.7. The third kappa shape index (κ3) is 1.87. The van der Waals surface area contributed by atoms with Crippen molar-refractivity contribution in [3.8, 4) is 0 Å². The van der Waals surface area contributed by atoms with E-state index < -0.39 is 5.95 Å². The molecular weight excluding hydrogens is 183 g/mol. The molecule has 2 aromatic rings. The smallest absolute Gasteiger partial charge is 0.214 e. The number of nitrogens with one attached hydrogen (secondary N) is 2. The molecule has 72 valence electrons. The van der Waals surface area contributed by atoms with Crippen LogP contribution in [0.3, 0.4) is 0 Å². The van der Waals surface area contributed by atoms with Gasteiger partial charge in [0.2, 0.25) is 5.95 Å². The first-order valence-electron chi connectivity index (χ1n) is 4.15. The van der Waals surface area contributed by atoms with E-state index in [2.05, 4.69) is 20.5 Å². The fraction of sp³-hybridized carbons (Fsp3) is 0.111. The topological polar surface area (TPSA) is 53.6 Å². The average Bonchev–Trinajstić information content (AvgIpc) is 2.51. The van der Waals surface area contributed by atoms with Gasteiger partial charge in [0.25, 0.3) is 0 Å². The third-order valence-corrected chi connectivity index (χ3v) is 1.68. The number of aryl methyl sites for hydroxylation is 1. The highest BCUT2D eigenvalue weighted by atomic mass is 19.1. The average molecular weight is 192 g/mol. The molecule has 0 atom stereocenters. The van der Waals surface area contributed by atoms with Crippen molar-refractivity contribution in [2.24, 2.45) is 0 Å². The van der Waals surface area contributed by atoms with Gasteiger partial charge < -0.3 is 5.32 Å². The molecule has 0 fully saturated rings. The normalized spacial score (nSPS) is 10.1. The lowest BCUT2D eigenvalue weighted by molar-refractivity contribution is 0.585. The summed E-state index contributed by atoms with van der Waals surface area (Å²) in [4.78, 5) is 3.65. The number of H-pyrrole nitrogens is 1. The van der Waals surface area contributed by atoms with Gasteiger partial charge in [0.1, 0.15) is 5.82 Å². The molecule has 2 N–H and O–H groups in total. The van der Waals surface area contributed by atoms with Gasteiger partial charge in [0.15, 0.2) is 5.82 Å². The van der Waals surface area contributed by atoms with Gasteiger partial charge in [-0.15, -0.1) is 0 Å². The van der Waals surface area contributed by atoms with E-state index in [1.165, 1.54) is 6.07 Å². The monoisotopic (exact) mass is 192 g/mol. The summed E-state index contributed by atoms with van der Waals surface area (Å²) in [5.74, 6) is 0.555. The van der Waals surface area contributed by atoms with Crippen LogP contribution in [0.4, 0.5) is 16.0 Å². The van der Waals surface area contributed by atoms with E-state index in [0.717, 1.165) is 5.69 Å². The summed E-state index contributed by atoms with van der Waals surface area (Å²) >= 11 is 0. The summed E-state index contributed by atoms with van der Waals surface area (Å²) in [6.07, 6.45) is 0. The maximum atomic E-state index is 12.7. The number of rotatable bonds is 2. The highest BCUT2D eigenvalue weighted by molar-refractivity contribution is 5.51. The fourth-order valence-corrected chi connectivity index (χ4v) is 1.09. The Balaban J connectivity index is 2.18. The van der Waals surface area contributed by atoms with E-state index in [9.17, 15) is 4.39 Å². The lowest BCUT2D eigenvalue weighted by Crippen LogP contribution is -1.94. The van der Waals surface area contributed by atoms with Gasteiger partial charge in [-0.2, -0.15) is 9.49 Å². The minimum atomic E-state index is -0.512. The number of halogens is 1. The number of anilines is 2. The molecule has 0 saturated heterocycles. The Morgan fingerprint density at radius 2 is 2.21 bits per heavy atom. The van der Waals surface area contributed by atoms with Crippen LogP contribution < -0.4 is 5.32 Å². The van der Waals surface area contributed by atoms with E-state index >= 15 is 0 Å². The van der Waals surface area contributed by atoms with Crippen LogP contribution in [0, 0.1) is 12.9 Å². The first-order chi connectivity index (χ1) is 6.74. The first-order valence-corrected chi connectivity index (χ1v) is 4.15. The predicted octanol–water partition coefficient (Wildman–Crippen LogP) is 2.00. The van der Waals surface area contributed by atoms with Crippen molar-refractivity contribution >= 4 is 11.6 Å².